The van der Waals surface area contributed by atoms with Crippen LogP contribution in [0.4, 0.5) is 0 Å². The van der Waals surface area contributed by atoms with Crippen molar-refractivity contribution < 1.29 is 5.21 Å². The Kier molecular flexibility index (Phi) is 3.33. The Morgan fingerprint density at radius 1 is 1.05 bits per heavy atom. The lowest BCUT2D eigenvalue weighted by atomic mass is 9.98. The number of fused-ring (bicyclic) bond motifs is 3. The van der Waals surface area contributed by atoms with E-state index in [1.807, 2.05) is 43.3 Å². The van der Waals surface area contributed by atoms with Crippen LogP contribution in [0.5, 0.6) is 0 Å². The minimum Gasteiger partial charge on any atom is -0.411 e. The first kappa shape index (κ1) is 12.9. The Balaban J connectivity index is 2.34. The minimum absolute atomic E-state index is 0.677. The number of nitrogens with zero attached hydrogens (tertiary/aromatic N) is 1. The van der Waals surface area contributed by atoms with Crippen LogP contribution in [0.15, 0.2) is 53.7 Å². The summed E-state index contributed by atoms with van der Waals surface area (Å²) in [5, 5.41) is 17.5. The first-order valence-corrected chi connectivity index (χ1v) is 6.94. The SMILES string of the molecule is CC/C(=N\O)c1ccc2c(c1)cc(Cl)c1ccccc12. The molecule has 0 spiro atoms. The van der Waals surface area contributed by atoms with E-state index in [1.54, 1.807) is 0 Å². The standard InChI is InChI=1S/C17H14ClNO/c1-2-17(19-20)11-7-8-13-12(9-11)10-16(18)15-6-4-3-5-14(13)15/h3-10,20H,2H2,1H3/b19-17+. The van der Waals surface area contributed by atoms with Gasteiger partial charge < -0.3 is 5.21 Å². The molecule has 1 N–H and O–H groups in total. The zero-order chi connectivity index (χ0) is 14.1. The molecule has 0 aromatic heterocycles. The second kappa shape index (κ2) is 5.14. The van der Waals surface area contributed by atoms with E-state index in [9.17, 15) is 0 Å². The van der Waals surface area contributed by atoms with Gasteiger partial charge in [0.15, 0.2) is 0 Å². The fourth-order valence-corrected chi connectivity index (χ4v) is 2.86. The molecule has 0 saturated heterocycles. The van der Waals surface area contributed by atoms with E-state index in [0.29, 0.717) is 12.1 Å². The predicted molar refractivity (Wildman–Crippen MR) is 85.1 cm³/mol. The highest BCUT2D eigenvalue weighted by atomic mass is 35.5. The number of hydrogen-bond acceptors (Lipinski definition) is 2. The maximum Gasteiger partial charge on any atom is 0.0865 e. The first-order valence-electron chi connectivity index (χ1n) is 6.57. The highest BCUT2D eigenvalue weighted by Gasteiger charge is 2.07. The van der Waals surface area contributed by atoms with Gasteiger partial charge in [0.1, 0.15) is 0 Å². The third-order valence-electron chi connectivity index (χ3n) is 3.60. The number of rotatable bonds is 2. The van der Waals surface area contributed by atoms with Crippen molar-refractivity contribution in [3.8, 4) is 0 Å². The van der Waals surface area contributed by atoms with Gasteiger partial charge in [-0.1, -0.05) is 60.1 Å². The molecule has 0 amide bonds. The van der Waals surface area contributed by atoms with E-state index in [4.69, 9.17) is 16.8 Å². The van der Waals surface area contributed by atoms with Crippen LogP contribution in [-0.4, -0.2) is 10.9 Å². The molecule has 0 fully saturated rings. The molecule has 20 heavy (non-hydrogen) atoms. The lowest BCUT2D eigenvalue weighted by molar-refractivity contribution is 0.318. The Bertz CT molecular complexity index is 824. The van der Waals surface area contributed by atoms with E-state index >= 15 is 0 Å². The third kappa shape index (κ3) is 2.02. The summed E-state index contributed by atoms with van der Waals surface area (Å²) in [6, 6.07) is 16.1. The quantitative estimate of drug-likeness (QED) is 0.297. The van der Waals surface area contributed by atoms with E-state index in [1.165, 1.54) is 0 Å². The maximum atomic E-state index is 9.04. The van der Waals surface area contributed by atoms with E-state index in [0.717, 1.165) is 32.1 Å². The molecule has 3 heteroatoms. The van der Waals surface area contributed by atoms with Crippen LogP contribution in [-0.2, 0) is 0 Å². The Morgan fingerprint density at radius 3 is 2.50 bits per heavy atom. The zero-order valence-electron chi connectivity index (χ0n) is 11.1. The Morgan fingerprint density at radius 2 is 1.80 bits per heavy atom. The molecule has 2 nitrogen and oxygen atoms in total. The molecular formula is C17H14ClNO. The largest absolute Gasteiger partial charge is 0.411 e. The van der Waals surface area contributed by atoms with Crippen LogP contribution in [0.2, 0.25) is 5.02 Å². The van der Waals surface area contributed by atoms with Crippen molar-refractivity contribution in [1.82, 2.24) is 0 Å². The molecule has 3 aromatic rings. The molecule has 0 aliphatic rings. The predicted octanol–water partition coefficient (Wildman–Crippen LogP) is 5.23. The van der Waals surface area contributed by atoms with Crippen LogP contribution in [0.3, 0.4) is 0 Å². The van der Waals surface area contributed by atoms with E-state index < -0.39 is 0 Å². The molecule has 0 aliphatic carbocycles. The molecule has 0 atom stereocenters. The molecule has 0 radical (unpaired) electrons. The van der Waals surface area contributed by atoms with Crippen molar-refractivity contribution in [1.29, 1.82) is 0 Å². The Hall–Kier alpha value is -2.06. The fraction of sp³-hybridized carbons (Fsp3) is 0.118. The van der Waals surface area contributed by atoms with Gasteiger partial charge in [-0.15, -0.1) is 0 Å². The first-order chi connectivity index (χ1) is 9.74. The number of halogens is 1. The summed E-state index contributed by atoms with van der Waals surface area (Å²) in [5.41, 5.74) is 1.60. The van der Waals surface area contributed by atoms with Crippen molar-refractivity contribution in [2.75, 3.05) is 0 Å². The van der Waals surface area contributed by atoms with Crippen molar-refractivity contribution in [3.05, 3.63) is 59.1 Å². The van der Waals surface area contributed by atoms with Crippen LogP contribution in [0, 0.1) is 0 Å². The van der Waals surface area contributed by atoms with Crippen molar-refractivity contribution >= 4 is 38.9 Å². The van der Waals surface area contributed by atoms with Gasteiger partial charge in [-0.3, -0.25) is 0 Å². The molecule has 0 heterocycles. The van der Waals surface area contributed by atoms with Gasteiger partial charge >= 0.3 is 0 Å². The Labute approximate surface area is 122 Å². The summed E-state index contributed by atoms with van der Waals surface area (Å²) >= 11 is 6.36. The minimum atomic E-state index is 0.677. The van der Waals surface area contributed by atoms with E-state index in [2.05, 4.69) is 17.3 Å². The smallest absolute Gasteiger partial charge is 0.0865 e. The summed E-state index contributed by atoms with van der Waals surface area (Å²) in [7, 11) is 0. The number of benzene rings is 3. The van der Waals surface area contributed by atoms with E-state index in [-0.39, 0.29) is 0 Å². The van der Waals surface area contributed by atoms with Crippen molar-refractivity contribution in [3.63, 3.8) is 0 Å². The number of hydrogen-bond donors (Lipinski definition) is 1. The molecule has 0 unspecified atom stereocenters. The highest BCUT2D eigenvalue weighted by molar-refractivity contribution is 6.37. The third-order valence-corrected chi connectivity index (χ3v) is 3.91. The summed E-state index contributed by atoms with van der Waals surface area (Å²) in [6.45, 7) is 1.96. The molecule has 0 aliphatic heterocycles. The second-order valence-electron chi connectivity index (χ2n) is 4.74. The average Bonchev–Trinajstić information content (AvgIpc) is 2.49. The summed E-state index contributed by atoms with van der Waals surface area (Å²) in [4.78, 5) is 0. The highest BCUT2D eigenvalue weighted by Crippen LogP contribution is 2.32. The van der Waals surface area contributed by atoms with Crippen molar-refractivity contribution in [2.45, 2.75) is 13.3 Å². The zero-order valence-corrected chi connectivity index (χ0v) is 11.9. The second-order valence-corrected chi connectivity index (χ2v) is 5.15. The van der Waals surface area contributed by atoms with Gasteiger partial charge in [0.25, 0.3) is 0 Å². The van der Waals surface area contributed by atoms with Gasteiger partial charge in [-0.2, -0.15) is 0 Å². The summed E-state index contributed by atoms with van der Waals surface area (Å²) < 4.78 is 0. The summed E-state index contributed by atoms with van der Waals surface area (Å²) in [5.74, 6) is 0. The van der Waals surface area contributed by atoms with Crippen LogP contribution in [0.25, 0.3) is 21.5 Å². The molecule has 3 aromatic carbocycles. The lowest BCUT2D eigenvalue weighted by Crippen LogP contribution is -1.98. The lowest BCUT2D eigenvalue weighted by Gasteiger charge is -2.08. The molecule has 0 saturated carbocycles. The van der Waals surface area contributed by atoms with Gasteiger partial charge in [-0.25, -0.2) is 0 Å². The topological polar surface area (TPSA) is 32.6 Å². The molecular weight excluding hydrogens is 270 g/mol. The van der Waals surface area contributed by atoms with Crippen LogP contribution >= 0.6 is 11.6 Å². The molecule has 0 bridgehead atoms. The molecule has 100 valence electrons. The van der Waals surface area contributed by atoms with Gasteiger partial charge in [0, 0.05) is 10.4 Å². The number of oxime groups is 1. The summed E-state index contributed by atoms with van der Waals surface area (Å²) in [6.07, 6.45) is 0.684. The fourth-order valence-electron chi connectivity index (χ4n) is 2.58. The van der Waals surface area contributed by atoms with Gasteiger partial charge in [0.2, 0.25) is 0 Å². The monoisotopic (exact) mass is 283 g/mol. The average molecular weight is 284 g/mol. The van der Waals surface area contributed by atoms with Crippen molar-refractivity contribution in [2.24, 2.45) is 5.16 Å². The normalized spacial score (nSPS) is 12.2. The van der Waals surface area contributed by atoms with Crippen LogP contribution < -0.4 is 0 Å². The molecule has 3 rings (SSSR count). The maximum absolute atomic E-state index is 9.04. The van der Waals surface area contributed by atoms with Gasteiger partial charge in [0.05, 0.1) is 5.71 Å². The van der Waals surface area contributed by atoms with Gasteiger partial charge in [-0.05, 0) is 40.3 Å². The van der Waals surface area contributed by atoms with Crippen LogP contribution in [0.1, 0.15) is 18.9 Å².